The number of hydrogen-bond acceptors (Lipinski definition) is 4. The Kier molecular flexibility index (Phi) is 3.05. The number of hydrogen-bond donors (Lipinski definition) is 0. The highest BCUT2D eigenvalue weighted by Gasteiger charge is 2.30. The Labute approximate surface area is 122 Å². The second kappa shape index (κ2) is 4.69. The lowest BCUT2D eigenvalue weighted by Crippen LogP contribution is -2.07. The fraction of sp³-hybridized carbons (Fsp3) is 0.214. The van der Waals surface area contributed by atoms with Crippen molar-refractivity contribution in [2.75, 3.05) is 0 Å². The molecule has 0 aliphatic heterocycles. The number of aromatic nitrogens is 3. The number of rotatable bonds is 1. The van der Waals surface area contributed by atoms with E-state index < -0.39 is 17.4 Å². The van der Waals surface area contributed by atoms with E-state index in [0.29, 0.717) is 16.6 Å². The van der Waals surface area contributed by atoms with Crippen LogP contribution >= 0.6 is 0 Å². The highest BCUT2D eigenvalue weighted by molar-refractivity contribution is 5.80. The van der Waals surface area contributed by atoms with Gasteiger partial charge in [0.25, 0.3) is 0 Å². The van der Waals surface area contributed by atoms with Crippen molar-refractivity contribution in [1.82, 2.24) is 14.8 Å². The largest absolute Gasteiger partial charge is 0.417 e. The molecule has 0 fully saturated rings. The van der Waals surface area contributed by atoms with Gasteiger partial charge in [-0.15, -0.1) is 5.10 Å². The predicted molar refractivity (Wildman–Crippen MR) is 71.9 cm³/mol. The van der Waals surface area contributed by atoms with Crippen molar-refractivity contribution in [3.05, 3.63) is 51.6 Å². The highest BCUT2D eigenvalue weighted by Crippen LogP contribution is 2.29. The van der Waals surface area contributed by atoms with E-state index in [4.69, 9.17) is 4.42 Å². The van der Waals surface area contributed by atoms with Crippen LogP contribution in [0.25, 0.3) is 16.9 Å². The molecule has 0 N–H and O–H groups in total. The van der Waals surface area contributed by atoms with Gasteiger partial charge in [-0.2, -0.15) is 13.2 Å². The van der Waals surface area contributed by atoms with Crippen LogP contribution in [0.5, 0.6) is 0 Å². The van der Waals surface area contributed by atoms with Gasteiger partial charge < -0.3 is 4.42 Å². The molecule has 8 heteroatoms. The number of aryl methyl sites for hydroxylation is 2. The van der Waals surface area contributed by atoms with Gasteiger partial charge in [0.05, 0.1) is 16.6 Å². The first-order valence-electron chi connectivity index (χ1n) is 6.31. The molecule has 0 bridgehead atoms. The van der Waals surface area contributed by atoms with Crippen LogP contribution < -0.4 is 5.63 Å². The van der Waals surface area contributed by atoms with E-state index >= 15 is 0 Å². The normalized spacial score (nSPS) is 12.0. The molecule has 3 aromatic heterocycles. The molecule has 3 rings (SSSR count). The van der Waals surface area contributed by atoms with Gasteiger partial charge in [0.15, 0.2) is 5.82 Å². The van der Waals surface area contributed by atoms with E-state index in [-0.39, 0.29) is 11.5 Å². The maximum Gasteiger partial charge on any atom is 0.417 e. The summed E-state index contributed by atoms with van der Waals surface area (Å²) in [6.07, 6.45) is -3.71. The van der Waals surface area contributed by atoms with E-state index in [1.807, 2.05) is 0 Å². The summed E-state index contributed by atoms with van der Waals surface area (Å²) in [6.45, 7) is 3.46. The maximum atomic E-state index is 12.6. The second-order valence-electron chi connectivity index (χ2n) is 4.83. The summed E-state index contributed by atoms with van der Waals surface area (Å²) in [6, 6.07) is 3.48. The van der Waals surface area contributed by atoms with Crippen molar-refractivity contribution >= 4 is 11.1 Å². The minimum absolute atomic E-state index is 0.129. The summed E-state index contributed by atoms with van der Waals surface area (Å²) in [5.41, 5.74) is 0.0676. The van der Waals surface area contributed by atoms with E-state index in [2.05, 4.69) is 10.1 Å². The second-order valence-corrected chi connectivity index (χ2v) is 4.83. The zero-order chi connectivity index (χ0) is 16.1. The molecular formula is C14H10F3N3O2. The lowest BCUT2D eigenvalue weighted by molar-refractivity contribution is -0.137. The van der Waals surface area contributed by atoms with Gasteiger partial charge in [-0.05, 0) is 31.5 Å². The SMILES string of the molecule is Cc1cc(=O)oc2nn(-c3ccc(C(F)(F)F)cn3)c(C)c12. The molecule has 0 aromatic carbocycles. The molecule has 0 saturated carbocycles. The van der Waals surface area contributed by atoms with E-state index in [0.717, 1.165) is 12.3 Å². The summed E-state index contributed by atoms with van der Waals surface area (Å²) in [7, 11) is 0. The van der Waals surface area contributed by atoms with Gasteiger partial charge >= 0.3 is 11.8 Å². The van der Waals surface area contributed by atoms with E-state index in [1.165, 1.54) is 16.8 Å². The van der Waals surface area contributed by atoms with Gasteiger partial charge in [0.1, 0.15) is 0 Å². The lowest BCUT2D eigenvalue weighted by Gasteiger charge is -2.07. The smallest absolute Gasteiger partial charge is 0.402 e. The number of alkyl halides is 3. The fourth-order valence-corrected chi connectivity index (χ4v) is 2.28. The molecule has 0 spiro atoms. The topological polar surface area (TPSA) is 60.9 Å². The molecule has 3 heterocycles. The quantitative estimate of drug-likeness (QED) is 0.693. The summed E-state index contributed by atoms with van der Waals surface area (Å²) < 4.78 is 44.0. The highest BCUT2D eigenvalue weighted by atomic mass is 19.4. The van der Waals surface area contributed by atoms with Gasteiger partial charge in [-0.3, -0.25) is 0 Å². The Morgan fingerprint density at radius 2 is 1.95 bits per heavy atom. The van der Waals surface area contributed by atoms with Gasteiger partial charge in [0.2, 0.25) is 5.71 Å². The van der Waals surface area contributed by atoms with Crippen molar-refractivity contribution in [1.29, 1.82) is 0 Å². The number of pyridine rings is 1. The molecular weight excluding hydrogens is 299 g/mol. The minimum Gasteiger partial charge on any atom is -0.402 e. The third-order valence-corrected chi connectivity index (χ3v) is 3.30. The van der Waals surface area contributed by atoms with Gasteiger partial charge in [0, 0.05) is 12.3 Å². The molecule has 114 valence electrons. The molecule has 5 nitrogen and oxygen atoms in total. The zero-order valence-corrected chi connectivity index (χ0v) is 11.6. The Morgan fingerprint density at radius 1 is 1.23 bits per heavy atom. The summed E-state index contributed by atoms with van der Waals surface area (Å²) in [5, 5.41) is 4.74. The average molecular weight is 309 g/mol. The lowest BCUT2D eigenvalue weighted by atomic mass is 10.2. The Bertz CT molecular complexity index is 908. The van der Waals surface area contributed by atoms with Crippen molar-refractivity contribution in [2.45, 2.75) is 20.0 Å². The van der Waals surface area contributed by atoms with Gasteiger partial charge in [-0.25, -0.2) is 14.5 Å². The molecule has 0 saturated heterocycles. The van der Waals surface area contributed by atoms with Crippen molar-refractivity contribution in [3.8, 4) is 5.82 Å². The molecule has 22 heavy (non-hydrogen) atoms. The van der Waals surface area contributed by atoms with Crippen LogP contribution in [0.4, 0.5) is 13.2 Å². The Balaban J connectivity index is 2.17. The molecule has 0 amide bonds. The average Bonchev–Trinajstić information content (AvgIpc) is 2.75. The minimum atomic E-state index is -4.45. The van der Waals surface area contributed by atoms with Crippen LogP contribution in [0.3, 0.4) is 0 Å². The van der Waals surface area contributed by atoms with Crippen molar-refractivity contribution < 1.29 is 17.6 Å². The standard InChI is InChI=1S/C14H10F3N3O2/c1-7-5-11(21)22-13-12(7)8(2)20(19-13)10-4-3-9(6-18-10)14(15,16)17/h3-6H,1-2H3. The van der Waals surface area contributed by atoms with Crippen LogP contribution in [0.1, 0.15) is 16.8 Å². The third-order valence-electron chi connectivity index (χ3n) is 3.30. The Morgan fingerprint density at radius 3 is 2.55 bits per heavy atom. The predicted octanol–water partition coefficient (Wildman–Crippen LogP) is 3.01. The molecule has 0 aliphatic carbocycles. The van der Waals surface area contributed by atoms with Crippen LogP contribution in [-0.4, -0.2) is 14.8 Å². The summed E-state index contributed by atoms with van der Waals surface area (Å²) >= 11 is 0. The van der Waals surface area contributed by atoms with Crippen molar-refractivity contribution in [2.24, 2.45) is 0 Å². The summed E-state index contributed by atoms with van der Waals surface area (Å²) in [4.78, 5) is 15.1. The van der Waals surface area contributed by atoms with Crippen LogP contribution in [-0.2, 0) is 6.18 Å². The first-order chi connectivity index (χ1) is 10.3. The maximum absolute atomic E-state index is 12.6. The first kappa shape index (κ1) is 14.3. The van der Waals surface area contributed by atoms with E-state index in [1.54, 1.807) is 13.8 Å². The molecule has 0 unspecified atom stereocenters. The fourth-order valence-electron chi connectivity index (χ4n) is 2.28. The third kappa shape index (κ3) is 2.26. The first-order valence-corrected chi connectivity index (χ1v) is 6.31. The Hall–Kier alpha value is -2.64. The monoisotopic (exact) mass is 309 g/mol. The van der Waals surface area contributed by atoms with Crippen molar-refractivity contribution in [3.63, 3.8) is 0 Å². The zero-order valence-electron chi connectivity index (χ0n) is 11.6. The van der Waals surface area contributed by atoms with Crippen LogP contribution in [0.15, 0.2) is 33.6 Å². The van der Waals surface area contributed by atoms with Crippen LogP contribution in [0.2, 0.25) is 0 Å². The summed E-state index contributed by atoms with van der Waals surface area (Å²) in [5.74, 6) is 0.212. The number of nitrogens with zero attached hydrogens (tertiary/aromatic N) is 3. The van der Waals surface area contributed by atoms with Gasteiger partial charge in [-0.1, -0.05) is 0 Å². The number of halogens is 3. The van der Waals surface area contributed by atoms with E-state index in [9.17, 15) is 18.0 Å². The molecule has 0 aliphatic rings. The molecule has 0 radical (unpaired) electrons. The van der Waals surface area contributed by atoms with Crippen LogP contribution in [0, 0.1) is 13.8 Å². The number of fused-ring (bicyclic) bond motifs is 1. The molecule has 3 aromatic rings. The molecule has 0 atom stereocenters.